The van der Waals surface area contributed by atoms with Crippen LogP contribution in [0.5, 0.6) is 17.2 Å². The normalized spacial score (nSPS) is 11.6. The van der Waals surface area contributed by atoms with Crippen LogP contribution in [-0.4, -0.2) is 55.4 Å². The van der Waals surface area contributed by atoms with Crippen LogP contribution in [0.4, 0.5) is 11.4 Å². The number of thioether (sulfide) groups is 1. The zero-order chi connectivity index (χ0) is 35.5. The topological polar surface area (TPSA) is 152 Å². The number of aromatic carboxylic acids is 1. The first kappa shape index (κ1) is 36.4. The molecule has 0 aliphatic rings. The van der Waals surface area contributed by atoms with Gasteiger partial charge in [0.2, 0.25) is 11.7 Å². The molecule has 4 rings (SSSR count). The number of amides is 3. The Morgan fingerprint density at radius 3 is 2.12 bits per heavy atom. The van der Waals surface area contributed by atoms with Crippen molar-refractivity contribution in [2.24, 2.45) is 0 Å². The molecule has 0 aliphatic heterocycles. The molecule has 254 valence electrons. The molecule has 49 heavy (non-hydrogen) atoms. The summed E-state index contributed by atoms with van der Waals surface area (Å²) in [5, 5.41) is 17.2. The van der Waals surface area contributed by atoms with Gasteiger partial charge in [0.25, 0.3) is 11.8 Å². The number of hydrogen-bond acceptors (Lipinski definition) is 8. The van der Waals surface area contributed by atoms with Gasteiger partial charge in [-0.25, -0.2) is 4.79 Å². The molecule has 0 spiro atoms. The van der Waals surface area contributed by atoms with Gasteiger partial charge < -0.3 is 35.3 Å². The van der Waals surface area contributed by atoms with Gasteiger partial charge in [-0.15, -0.1) is 11.8 Å². The number of anilines is 2. The largest absolute Gasteiger partial charge is 0.493 e. The monoisotopic (exact) mass is 703 g/mol. The molecule has 4 aromatic rings. The molecular formula is C36H34ClN3O8S. The number of halogens is 1. The molecule has 4 N–H and O–H groups in total. The molecule has 13 heteroatoms. The Bertz CT molecular complexity index is 1860. The Balaban J connectivity index is 1.57. The van der Waals surface area contributed by atoms with E-state index in [-0.39, 0.29) is 22.2 Å². The molecule has 3 amide bonds. The van der Waals surface area contributed by atoms with Gasteiger partial charge in [0, 0.05) is 21.8 Å². The lowest BCUT2D eigenvalue weighted by molar-refractivity contribution is -0.116. The fraction of sp³-hybridized carbons (Fsp3) is 0.167. The van der Waals surface area contributed by atoms with Crippen LogP contribution in [0.15, 0.2) is 95.5 Å². The van der Waals surface area contributed by atoms with E-state index < -0.39 is 23.0 Å². The molecule has 0 aliphatic carbocycles. The second kappa shape index (κ2) is 17.1. The molecule has 0 fully saturated rings. The summed E-state index contributed by atoms with van der Waals surface area (Å²) in [6.45, 7) is 1.85. The van der Waals surface area contributed by atoms with E-state index in [0.29, 0.717) is 51.1 Å². The van der Waals surface area contributed by atoms with Crippen LogP contribution in [-0.2, 0) is 9.59 Å². The quantitative estimate of drug-likeness (QED) is 0.0805. The number of methoxy groups -OCH3 is 3. The van der Waals surface area contributed by atoms with Gasteiger partial charge in [-0.3, -0.25) is 14.4 Å². The van der Waals surface area contributed by atoms with Crippen molar-refractivity contribution in [3.8, 4) is 17.2 Å². The van der Waals surface area contributed by atoms with E-state index in [9.17, 15) is 24.3 Å². The number of ether oxygens (including phenoxy) is 3. The number of carboxylic acid groups (broad SMARTS) is 1. The molecule has 0 radical (unpaired) electrons. The smallest absolute Gasteiger partial charge is 0.337 e. The van der Waals surface area contributed by atoms with Gasteiger partial charge in [-0.2, -0.15) is 0 Å². The molecule has 1 unspecified atom stereocenters. The van der Waals surface area contributed by atoms with E-state index in [2.05, 4.69) is 16.0 Å². The van der Waals surface area contributed by atoms with Gasteiger partial charge in [-0.05, 0) is 78.7 Å². The summed E-state index contributed by atoms with van der Waals surface area (Å²) in [5.74, 6) is -1.55. The second-order valence-electron chi connectivity index (χ2n) is 10.3. The number of hydrogen-bond donors (Lipinski definition) is 4. The van der Waals surface area contributed by atoms with Gasteiger partial charge in [0.15, 0.2) is 11.5 Å². The summed E-state index contributed by atoms with van der Waals surface area (Å²) < 4.78 is 16.3. The lowest BCUT2D eigenvalue weighted by Gasteiger charge is -2.16. The minimum Gasteiger partial charge on any atom is -0.493 e. The fourth-order valence-corrected chi connectivity index (χ4v) is 5.83. The number of rotatable bonds is 14. The van der Waals surface area contributed by atoms with Crippen LogP contribution in [0, 0.1) is 0 Å². The highest BCUT2D eigenvalue weighted by Crippen LogP contribution is 2.39. The van der Waals surface area contributed by atoms with Gasteiger partial charge in [0.05, 0.1) is 37.2 Å². The van der Waals surface area contributed by atoms with Crippen LogP contribution >= 0.6 is 23.4 Å². The lowest BCUT2D eigenvalue weighted by Crippen LogP contribution is -2.30. The third-order valence-corrected chi connectivity index (χ3v) is 8.71. The van der Waals surface area contributed by atoms with E-state index >= 15 is 0 Å². The van der Waals surface area contributed by atoms with E-state index in [1.54, 1.807) is 66.7 Å². The Labute approximate surface area is 292 Å². The first-order valence-corrected chi connectivity index (χ1v) is 16.1. The number of carboxylic acids is 1. The third-order valence-electron chi connectivity index (χ3n) is 7.02. The zero-order valence-electron chi connectivity index (χ0n) is 27.0. The maximum atomic E-state index is 13.7. The second-order valence-corrected chi connectivity index (χ2v) is 12.0. The van der Waals surface area contributed by atoms with Gasteiger partial charge in [0.1, 0.15) is 5.70 Å². The summed E-state index contributed by atoms with van der Waals surface area (Å²) >= 11 is 7.23. The molecule has 0 saturated carbocycles. The summed E-state index contributed by atoms with van der Waals surface area (Å²) in [7, 11) is 4.42. The number of nitrogens with one attached hydrogen (secondary N) is 3. The first-order chi connectivity index (χ1) is 23.6. The molecule has 0 heterocycles. The van der Waals surface area contributed by atoms with Crippen molar-refractivity contribution in [3.05, 3.63) is 112 Å². The molecule has 0 aromatic heterocycles. The summed E-state index contributed by atoms with van der Waals surface area (Å²) in [5.41, 5.74) is 1.38. The minimum atomic E-state index is -1.21. The van der Waals surface area contributed by atoms with Crippen LogP contribution in [0.25, 0.3) is 6.08 Å². The van der Waals surface area contributed by atoms with Crippen LogP contribution in [0.2, 0.25) is 5.02 Å². The predicted molar refractivity (Wildman–Crippen MR) is 190 cm³/mol. The maximum Gasteiger partial charge on any atom is 0.337 e. The summed E-state index contributed by atoms with van der Waals surface area (Å²) in [6, 6.07) is 22.9. The summed E-state index contributed by atoms with van der Waals surface area (Å²) in [6.07, 6.45) is 1.95. The van der Waals surface area contributed by atoms with Crippen molar-refractivity contribution in [2.75, 3.05) is 32.0 Å². The van der Waals surface area contributed by atoms with Crippen LogP contribution in [0.1, 0.15) is 39.6 Å². The lowest BCUT2D eigenvalue weighted by atomic mass is 10.1. The SMILES string of the molecule is CCC(Sc1cccc(NC(=O)/C(=C\c2cc(OC)c(OC)c(OC)c2)NC(=O)c2ccccc2)c1)C(=O)Nc1ccc(Cl)c(C(=O)O)c1. The highest BCUT2D eigenvalue weighted by molar-refractivity contribution is 8.00. The van der Waals surface area contributed by atoms with Gasteiger partial charge in [-0.1, -0.05) is 42.8 Å². The summed E-state index contributed by atoms with van der Waals surface area (Å²) in [4.78, 5) is 52.1. The van der Waals surface area contributed by atoms with E-state index in [1.807, 2.05) is 6.92 Å². The molecule has 1 atom stereocenters. The Hall–Kier alpha value is -5.46. The fourth-order valence-electron chi connectivity index (χ4n) is 4.62. The van der Waals surface area contributed by atoms with Crippen molar-refractivity contribution >= 4 is 64.5 Å². The molecule has 4 aromatic carbocycles. The van der Waals surface area contributed by atoms with Crippen molar-refractivity contribution in [3.63, 3.8) is 0 Å². The zero-order valence-corrected chi connectivity index (χ0v) is 28.6. The van der Waals surface area contributed by atoms with Crippen molar-refractivity contribution < 1.29 is 38.5 Å². The number of benzene rings is 4. The van der Waals surface area contributed by atoms with E-state index in [1.165, 1.54) is 57.4 Å². The standard InChI is InChI=1S/C36H34ClN3O8S/c1-5-31(35(43)39-24-14-15-27(37)26(20-24)36(44)45)49-25-13-9-12-23(19-25)38-34(42)28(40-33(41)22-10-7-6-8-11-22)16-21-17-29(46-2)32(48-4)30(18-21)47-3/h6-20,31H,5H2,1-4H3,(H,38,42)(H,39,43)(H,40,41)(H,44,45)/b28-16+. The third kappa shape index (κ3) is 9.55. The minimum absolute atomic E-state index is 0.0595. The molecule has 11 nitrogen and oxygen atoms in total. The Morgan fingerprint density at radius 2 is 1.51 bits per heavy atom. The predicted octanol–water partition coefficient (Wildman–Crippen LogP) is 6.98. The number of carbonyl (C=O) groups excluding carboxylic acids is 3. The van der Waals surface area contributed by atoms with Crippen molar-refractivity contribution in [2.45, 2.75) is 23.5 Å². The Morgan fingerprint density at radius 1 is 0.837 bits per heavy atom. The van der Waals surface area contributed by atoms with Crippen molar-refractivity contribution in [1.29, 1.82) is 0 Å². The Kier molecular flexibility index (Phi) is 12.7. The van der Waals surface area contributed by atoms with Crippen LogP contribution in [0.3, 0.4) is 0 Å². The molecule has 0 saturated heterocycles. The average Bonchev–Trinajstić information content (AvgIpc) is 3.10. The average molecular weight is 704 g/mol. The van der Waals surface area contributed by atoms with Gasteiger partial charge >= 0.3 is 5.97 Å². The highest BCUT2D eigenvalue weighted by Gasteiger charge is 2.21. The highest BCUT2D eigenvalue weighted by atomic mass is 35.5. The van der Waals surface area contributed by atoms with E-state index in [0.717, 1.165) is 0 Å². The van der Waals surface area contributed by atoms with Crippen LogP contribution < -0.4 is 30.2 Å². The first-order valence-electron chi connectivity index (χ1n) is 14.9. The van der Waals surface area contributed by atoms with Crippen molar-refractivity contribution in [1.82, 2.24) is 5.32 Å². The van der Waals surface area contributed by atoms with E-state index in [4.69, 9.17) is 25.8 Å². The molecule has 0 bridgehead atoms. The maximum absolute atomic E-state index is 13.7. The number of carbonyl (C=O) groups is 4. The molecular weight excluding hydrogens is 670 g/mol.